The molecule has 0 saturated carbocycles. The summed E-state index contributed by atoms with van der Waals surface area (Å²) in [5.41, 5.74) is 2.85. The number of aryl methyl sites for hydroxylation is 1. The lowest BCUT2D eigenvalue weighted by Crippen LogP contribution is -2.53. The van der Waals surface area contributed by atoms with Gasteiger partial charge in [-0.2, -0.15) is 0 Å². The van der Waals surface area contributed by atoms with Crippen LogP contribution >= 0.6 is 0 Å². The Morgan fingerprint density at radius 2 is 1.45 bits per heavy atom. The average molecular weight is 586 g/mol. The number of nitrogens with one attached hydrogen (secondary N) is 1. The summed E-state index contributed by atoms with van der Waals surface area (Å²) in [6, 6.07) is 30.7. The molecule has 0 bridgehead atoms. The van der Waals surface area contributed by atoms with Crippen LogP contribution in [-0.2, 0) is 32.6 Å². The summed E-state index contributed by atoms with van der Waals surface area (Å²) in [5.74, 6) is -0.281. The highest BCUT2D eigenvalue weighted by atomic mass is 32.2. The van der Waals surface area contributed by atoms with Crippen molar-refractivity contribution in [2.24, 2.45) is 0 Å². The number of rotatable bonds is 12. The number of hydrogen-bond donors (Lipinski definition) is 1. The Morgan fingerprint density at radius 1 is 0.833 bits per heavy atom. The van der Waals surface area contributed by atoms with Crippen molar-refractivity contribution in [3.63, 3.8) is 0 Å². The van der Waals surface area contributed by atoms with E-state index in [0.29, 0.717) is 11.4 Å². The Labute approximate surface area is 247 Å². The van der Waals surface area contributed by atoms with Crippen LogP contribution in [0.25, 0.3) is 0 Å². The van der Waals surface area contributed by atoms with Gasteiger partial charge in [-0.15, -0.1) is 0 Å². The maximum absolute atomic E-state index is 14.3. The van der Waals surface area contributed by atoms with Crippen molar-refractivity contribution >= 4 is 27.5 Å². The number of benzene rings is 4. The number of carbonyl (C=O) groups excluding carboxylic acids is 2. The van der Waals surface area contributed by atoms with E-state index in [4.69, 9.17) is 4.74 Å². The molecule has 1 N–H and O–H groups in total. The molecule has 0 aliphatic rings. The number of hydrogen-bond acceptors (Lipinski definition) is 5. The van der Waals surface area contributed by atoms with Crippen LogP contribution in [0.15, 0.2) is 114 Å². The molecule has 1 unspecified atom stereocenters. The van der Waals surface area contributed by atoms with Crippen LogP contribution in [0.2, 0.25) is 0 Å². The van der Waals surface area contributed by atoms with Crippen LogP contribution in [0.4, 0.5) is 5.69 Å². The fraction of sp³-hybridized carbons (Fsp3) is 0.212. The van der Waals surface area contributed by atoms with Crippen molar-refractivity contribution in [2.45, 2.75) is 30.8 Å². The first-order chi connectivity index (χ1) is 20.2. The minimum atomic E-state index is -4.13. The smallest absolute Gasteiger partial charge is 0.264 e. The predicted molar refractivity (Wildman–Crippen MR) is 164 cm³/mol. The van der Waals surface area contributed by atoms with E-state index in [1.165, 1.54) is 24.1 Å². The SMILES string of the molecule is CNC(=O)C(Cc1ccccc1)N(Cc1cccc(OC)c1)C(=O)CN(c1ccccc1)S(=O)(=O)c1ccc(C)cc1. The lowest BCUT2D eigenvalue weighted by atomic mass is 10.0. The van der Waals surface area contributed by atoms with Gasteiger partial charge in [0.2, 0.25) is 11.8 Å². The van der Waals surface area contributed by atoms with Gasteiger partial charge in [-0.1, -0.05) is 78.4 Å². The highest BCUT2D eigenvalue weighted by Crippen LogP contribution is 2.25. The second kappa shape index (κ2) is 13.8. The molecule has 0 spiro atoms. The number of carbonyl (C=O) groups is 2. The fourth-order valence-electron chi connectivity index (χ4n) is 4.65. The van der Waals surface area contributed by atoms with Gasteiger partial charge in [-0.05, 0) is 54.4 Å². The van der Waals surface area contributed by atoms with Crippen LogP contribution in [0.5, 0.6) is 5.75 Å². The molecule has 0 aliphatic heterocycles. The molecule has 4 aromatic carbocycles. The standard InChI is InChI=1S/C33H35N3O5S/c1-25-17-19-30(20-18-25)42(39,40)36(28-14-8-5-9-15-28)24-32(37)35(23-27-13-10-16-29(21-27)41-3)31(33(38)34-2)22-26-11-6-4-7-12-26/h4-21,31H,22-24H2,1-3H3,(H,34,38). The van der Waals surface area contributed by atoms with Crippen LogP contribution in [0, 0.1) is 6.92 Å². The molecular weight excluding hydrogens is 550 g/mol. The number of likely N-dealkylation sites (N-methyl/N-ethyl adjacent to an activating group) is 1. The Bertz CT molecular complexity index is 1590. The zero-order chi connectivity index (χ0) is 30.1. The Kier molecular flexibility index (Phi) is 9.98. The zero-order valence-corrected chi connectivity index (χ0v) is 24.8. The van der Waals surface area contributed by atoms with Gasteiger partial charge in [0, 0.05) is 20.0 Å². The van der Waals surface area contributed by atoms with E-state index in [1.807, 2.05) is 43.3 Å². The normalized spacial score (nSPS) is 11.8. The van der Waals surface area contributed by atoms with Crippen molar-refractivity contribution in [2.75, 3.05) is 25.0 Å². The van der Waals surface area contributed by atoms with Crippen molar-refractivity contribution in [3.05, 3.63) is 126 Å². The molecule has 42 heavy (non-hydrogen) atoms. The molecule has 9 heteroatoms. The maximum atomic E-state index is 14.3. The third-order valence-electron chi connectivity index (χ3n) is 6.94. The monoisotopic (exact) mass is 585 g/mol. The van der Waals surface area contributed by atoms with E-state index in [2.05, 4.69) is 5.32 Å². The molecule has 0 fully saturated rings. The van der Waals surface area contributed by atoms with E-state index in [1.54, 1.807) is 67.8 Å². The van der Waals surface area contributed by atoms with Gasteiger partial charge < -0.3 is 15.0 Å². The third-order valence-corrected chi connectivity index (χ3v) is 8.72. The van der Waals surface area contributed by atoms with Gasteiger partial charge in [0.25, 0.3) is 10.0 Å². The van der Waals surface area contributed by atoms with Gasteiger partial charge in [0.1, 0.15) is 18.3 Å². The minimum absolute atomic E-state index is 0.0637. The molecule has 218 valence electrons. The Hall–Kier alpha value is -4.63. The van der Waals surface area contributed by atoms with E-state index in [9.17, 15) is 18.0 Å². The fourth-order valence-corrected chi connectivity index (χ4v) is 6.06. The summed E-state index contributed by atoms with van der Waals surface area (Å²) in [6.07, 6.45) is 0.242. The van der Waals surface area contributed by atoms with Crippen LogP contribution in [-0.4, -0.2) is 51.9 Å². The highest BCUT2D eigenvalue weighted by Gasteiger charge is 2.34. The molecule has 0 aromatic heterocycles. The second-order valence-corrected chi connectivity index (χ2v) is 11.7. The lowest BCUT2D eigenvalue weighted by molar-refractivity contribution is -0.139. The quantitative estimate of drug-likeness (QED) is 0.263. The number of ether oxygens (including phenoxy) is 1. The largest absolute Gasteiger partial charge is 0.497 e. The molecule has 0 saturated heterocycles. The molecule has 1 atom stereocenters. The average Bonchev–Trinajstić information content (AvgIpc) is 3.02. The van der Waals surface area contributed by atoms with Crippen LogP contribution in [0.1, 0.15) is 16.7 Å². The third kappa shape index (κ3) is 7.36. The van der Waals surface area contributed by atoms with E-state index < -0.39 is 28.5 Å². The Balaban J connectivity index is 1.77. The summed E-state index contributed by atoms with van der Waals surface area (Å²) in [7, 11) is -1.05. The van der Waals surface area contributed by atoms with Gasteiger partial charge in [0.15, 0.2) is 0 Å². The zero-order valence-electron chi connectivity index (χ0n) is 23.9. The van der Waals surface area contributed by atoms with Crippen LogP contribution in [0.3, 0.4) is 0 Å². The summed E-state index contributed by atoms with van der Waals surface area (Å²) in [4.78, 5) is 29.1. The molecule has 8 nitrogen and oxygen atoms in total. The number of nitrogens with zero attached hydrogens (tertiary/aromatic N) is 2. The first kappa shape index (κ1) is 30.3. The van der Waals surface area contributed by atoms with Crippen molar-refractivity contribution in [1.29, 1.82) is 0 Å². The molecule has 0 heterocycles. The summed E-state index contributed by atoms with van der Waals surface area (Å²) in [5, 5.41) is 2.69. The van der Waals surface area contributed by atoms with E-state index in [-0.39, 0.29) is 23.8 Å². The number of para-hydroxylation sites is 1. The van der Waals surface area contributed by atoms with Crippen molar-refractivity contribution in [1.82, 2.24) is 10.2 Å². The van der Waals surface area contributed by atoms with Gasteiger partial charge in [-0.3, -0.25) is 13.9 Å². The van der Waals surface area contributed by atoms with E-state index >= 15 is 0 Å². The van der Waals surface area contributed by atoms with Crippen LogP contribution < -0.4 is 14.4 Å². The number of methoxy groups -OCH3 is 1. The molecular formula is C33H35N3O5S. The topological polar surface area (TPSA) is 96.0 Å². The molecule has 0 radical (unpaired) electrons. The minimum Gasteiger partial charge on any atom is -0.497 e. The second-order valence-electron chi connectivity index (χ2n) is 9.85. The summed E-state index contributed by atoms with van der Waals surface area (Å²) in [6.45, 7) is 1.43. The van der Waals surface area contributed by atoms with E-state index in [0.717, 1.165) is 21.0 Å². The lowest BCUT2D eigenvalue weighted by Gasteiger charge is -2.33. The summed E-state index contributed by atoms with van der Waals surface area (Å²) < 4.78 is 34.4. The summed E-state index contributed by atoms with van der Waals surface area (Å²) >= 11 is 0. The van der Waals surface area contributed by atoms with Gasteiger partial charge in [-0.25, -0.2) is 8.42 Å². The maximum Gasteiger partial charge on any atom is 0.264 e. The molecule has 0 aliphatic carbocycles. The van der Waals surface area contributed by atoms with Crippen molar-refractivity contribution in [3.8, 4) is 5.75 Å². The first-order valence-electron chi connectivity index (χ1n) is 13.6. The molecule has 4 rings (SSSR count). The van der Waals surface area contributed by atoms with Gasteiger partial charge in [0.05, 0.1) is 17.7 Å². The number of sulfonamides is 1. The number of amides is 2. The Morgan fingerprint density at radius 3 is 2.07 bits per heavy atom. The number of anilines is 1. The highest BCUT2D eigenvalue weighted by molar-refractivity contribution is 7.92. The first-order valence-corrected chi connectivity index (χ1v) is 15.0. The molecule has 4 aromatic rings. The molecule has 2 amide bonds. The predicted octanol–water partition coefficient (Wildman–Crippen LogP) is 4.59. The van der Waals surface area contributed by atoms with Gasteiger partial charge >= 0.3 is 0 Å². The van der Waals surface area contributed by atoms with Crippen molar-refractivity contribution < 1.29 is 22.7 Å².